The Kier molecular flexibility index (Phi) is 3.07. The number of rotatable bonds is 3. The van der Waals surface area contributed by atoms with Crippen LogP contribution in [0.25, 0.3) is 0 Å². The summed E-state index contributed by atoms with van der Waals surface area (Å²) in [5.41, 5.74) is 0.562. The topological polar surface area (TPSA) is 50.4 Å². The molecule has 1 unspecified atom stereocenters. The summed E-state index contributed by atoms with van der Waals surface area (Å²) in [6.07, 6.45) is 1.45. The lowest BCUT2D eigenvalue weighted by atomic mass is 10.2. The molecular formula is C7H11N2O2. The van der Waals surface area contributed by atoms with Crippen LogP contribution in [0.3, 0.4) is 0 Å². The van der Waals surface area contributed by atoms with E-state index in [2.05, 4.69) is 17.2 Å². The highest BCUT2D eigenvalue weighted by atomic mass is 16.5. The minimum absolute atomic E-state index is 0.106. The second-order valence-corrected chi connectivity index (χ2v) is 2.32. The second-order valence-electron chi connectivity index (χ2n) is 2.32. The third-order valence-corrected chi connectivity index (χ3v) is 1.53. The monoisotopic (exact) mass is 155 g/mol. The molecule has 0 bridgehead atoms. The molecule has 1 radical (unpaired) electrons. The number of amides is 1. The summed E-state index contributed by atoms with van der Waals surface area (Å²) in [6.45, 7) is 5.84. The van der Waals surface area contributed by atoms with E-state index in [4.69, 9.17) is 4.74 Å². The van der Waals surface area contributed by atoms with Crippen LogP contribution in [-0.4, -0.2) is 32.2 Å². The maximum atomic E-state index is 9.89. The molecule has 0 saturated carbocycles. The molecule has 1 heterocycles. The van der Waals surface area contributed by atoms with Gasteiger partial charge in [0.15, 0.2) is 0 Å². The lowest BCUT2D eigenvalue weighted by Crippen LogP contribution is -2.42. The van der Waals surface area contributed by atoms with Gasteiger partial charge in [-0.05, 0) is 0 Å². The van der Waals surface area contributed by atoms with Crippen LogP contribution in [0.4, 0.5) is 0 Å². The smallest absolute Gasteiger partial charge is 0.313 e. The van der Waals surface area contributed by atoms with Crippen LogP contribution in [0.15, 0.2) is 12.3 Å². The summed E-state index contributed by atoms with van der Waals surface area (Å²) in [4.78, 5) is 9.89. The Balaban J connectivity index is 2.32. The van der Waals surface area contributed by atoms with Crippen molar-refractivity contribution in [3.8, 4) is 0 Å². The van der Waals surface area contributed by atoms with Crippen molar-refractivity contribution in [1.29, 1.82) is 0 Å². The van der Waals surface area contributed by atoms with Gasteiger partial charge >= 0.3 is 6.41 Å². The van der Waals surface area contributed by atoms with Gasteiger partial charge in [-0.25, -0.2) is 0 Å². The summed E-state index contributed by atoms with van der Waals surface area (Å²) in [6, 6.07) is 0. The fraction of sp³-hybridized carbons (Fsp3) is 0.571. The van der Waals surface area contributed by atoms with Gasteiger partial charge in [-0.3, -0.25) is 4.79 Å². The quantitative estimate of drug-likeness (QED) is 0.522. The van der Waals surface area contributed by atoms with Crippen molar-refractivity contribution in [1.82, 2.24) is 10.6 Å². The standard InChI is InChI=1S/C7H11N2O2/c1-6(9-5-10)7-4-8-2-3-11-7/h7-8H,1-4H2,(H,9,10). The lowest BCUT2D eigenvalue weighted by Gasteiger charge is -2.24. The van der Waals surface area contributed by atoms with E-state index in [9.17, 15) is 4.79 Å². The molecular weight excluding hydrogens is 144 g/mol. The van der Waals surface area contributed by atoms with E-state index < -0.39 is 0 Å². The van der Waals surface area contributed by atoms with E-state index in [0.29, 0.717) is 18.8 Å². The fourth-order valence-electron chi connectivity index (χ4n) is 0.935. The maximum absolute atomic E-state index is 9.89. The Labute approximate surface area is 65.6 Å². The van der Waals surface area contributed by atoms with Crippen molar-refractivity contribution in [3.05, 3.63) is 12.3 Å². The van der Waals surface area contributed by atoms with Crippen molar-refractivity contribution in [3.63, 3.8) is 0 Å². The van der Waals surface area contributed by atoms with Crippen molar-refractivity contribution < 1.29 is 9.53 Å². The Bertz CT molecular complexity index is 153. The Morgan fingerprint density at radius 2 is 2.64 bits per heavy atom. The molecule has 1 saturated heterocycles. The molecule has 4 heteroatoms. The number of hydrogen-bond acceptors (Lipinski definition) is 3. The number of carbonyl (C=O) groups excluding carboxylic acids is 1. The number of hydrogen-bond donors (Lipinski definition) is 2. The van der Waals surface area contributed by atoms with Gasteiger partial charge in [-0.2, -0.15) is 0 Å². The summed E-state index contributed by atoms with van der Waals surface area (Å²) in [7, 11) is 0. The molecule has 4 nitrogen and oxygen atoms in total. The molecule has 61 valence electrons. The van der Waals surface area contributed by atoms with Gasteiger partial charge in [-0.15, -0.1) is 0 Å². The van der Waals surface area contributed by atoms with Crippen LogP contribution in [0.1, 0.15) is 0 Å². The molecule has 2 N–H and O–H groups in total. The highest BCUT2D eigenvalue weighted by Gasteiger charge is 2.15. The van der Waals surface area contributed by atoms with Gasteiger partial charge in [0.05, 0.1) is 6.61 Å². The summed E-state index contributed by atoms with van der Waals surface area (Å²) in [5.74, 6) is 0. The molecule has 0 spiro atoms. The van der Waals surface area contributed by atoms with Crippen LogP contribution in [0.2, 0.25) is 0 Å². The predicted molar refractivity (Wildman–Crippen MR) is 40.6 cm³/mol. The molecule has 0 aromatic carbocycles. The molecule has 1 fully saturated rings. The Hall–Kier alpha value is -0.870. The van der Waals surface area contributed by atoms with Gasteiger partial charge in [0.1, 0.15) is 6.10 Å². The fourth-order valence-corrected chi connectivity index (χ4v) is 0.935. The predicted octanol–water partition coefficient (Wildman–Crippen LogP) is -0.855. The minimum Gasteiger partial charge on any atom is -0.369 e. The average molecular weight is 155 g/mol. The van der Waals surface area contributed by atoms with Crippen molar-refractivity contribution in [2.24, 2.45) is 0 Å². The van der Waals surface area contributed by atoms with Crippen LogP contribution < -0.4 is 10.6 Å². The first-order chi connectivity index (χ1) is 5.34. The Morgan fingerprint density at radius 3 is 3.18 bits per heavy atom. The van der Waals surface area contributed by atoms with Gasteiger partial charge in [0, 0.05) is 18.8 Å². The normalized spacial score (nSPS) is 24.2. The second kappa shape index (κ2) is 4.10. The zero-order valence-electron chi connectivity index (χ0n) is 6.22. The highest BCUT2D eigenvalue weighted by molar-refractivity contribution is 5.51. The minimum atomic E-state index is -0.106. The molecule has 1 atom stereocenters. The van der Waals surface area contributed by atoms with E-state index in [0.717, 1.165) is 6.54 Å². The van der Waals surface area contributed by atoms with Crippen molar-refractivity contribution in [2.75, 3.05) is 19.7 Å². The van der Waals surface area contributed by atoms with E-state index in [1.54, 1.807) is 6.41 Å². The number of ether oxygens (including phenoxy) is 1. The Morgan fingerprint density at radius 1 is 1.82 bits per heavy atom. The van der Waals surface area contributed by atoms with Crippen LogP contribution in [0.5, 0.6) is 0 Å². The highest BCUT2D eigenvalue weighted by Crippen LogP contribution is 2.02. The van der Waals surface area contributed by atoms with Gasteiger partial charge < -0.3 is 15.4 Å². The van der Waals surface area contributed by atoms with Gasteiger partial charge in [0.25, 0.3) is 0 Å². The molecule has 1 aliphatic heterocycles. The van der Waals surface area contributed by atoms with Crippen LogP contribution in [-0.2, 0) is 9.53 Å². The van der Waals surface area contributed by atoms with Crippen LogP contribution in [0, 0.1) is 0 Å². The van der Waals surface area contributed by atoms with Crippen LogP contribution >= 0.6 is 0 Å². The first kappa shape index (κ1) is 8.23. The van der Waals surface area contributed by atoms with Crippen molar-refractivity contribution in [2.45, 2.75) is 6.10 Å². The SMILES string of the molecule is C=C(N[C]=O)C1CNCCO1. The number of nitrogens with one attached hydrogen (secondary N) is 2. The van der Waals surface area contributed by atoms with E-state index in [-0.39, 0.29) is 6.10 Å². The first-order valence-electron chi connectivity index (χ1n) is 3.49. The third kappa shape index (κ3) is 2.32. The maximum Gasteiger partial charge on any atom is 0.313 e. The number of morpholine rings is 1. The molecule has 1 amide bonds. The first-order valence-corrected chi connectivity index (χ1v) is 3.49. The molecule has 0 aromatic heterocycles. The van der Waals surface area contributed by atoms with Gasteiger partial charge in [-0.1, -0.05) is 6.58 Å². The molecule has 1 aliphatic rings. The van der Waals surface area contributed by atoms with E-state index in [1.165, 1.54) is 0 Å². The summed E-state index contributed by atoms with van der Waals surface area (Å²) < 4.78 is 5.29. The summed E-state index contributed by atoms with van der Waals surface area (Å²) >= 11 is 0. The largest absolute Gasteiger partial charge is 0.369 e. The van der Waals surface area contributed by atoms with E-state index in [1.807, 2.05) is 0 Å². The summed E-state index contributed by atoms with van der Waals surface area (Å²) in [5, 5.41) is 5.47. The zero-order valence-corrected chi connectivity index (χ0v) is 6.22. The molecule has 0 aromatic rings. The van der Waals surface area contributed by atoms with E-state index >= 15 is 0 Å². The molecule has 0 aliphatic carbocycles. The molecule has 1 rings (SSSR count). The lowest BCUT2D eigenvalue weighted by molar-refractivity contribution is 0.0495. The zero-order chi connectivity index (χ0) is 8.10. The average Bonchev–Trinajstić information content (AvgIpc) is 2.07. The van der Waals surface area contributed by atoms with Gasteiger partial charge in [0.2, 0.25) is 0 Å². The third-order valence-electron chi connectivity index (χ3n) is 1.53. The molecule has 11 heavy (non-hydrogen) atoms. The van der Waals surface area contributed by atoms with Crippen molar-refractivity contribution >= 4 is 6.41 Å².